The van der Waals surface area contributed by atoms with Crippen LogP contribution in [-0.2, 0) is 10.1 Å². The summed E-state index contributed by atoms with van der Waals surface area (Å²) < 4.78 is 36.2. The van der Waals surface area contributed by atoms with Crippen LogP contribution in [0.1, 0.15) is 21.5 Å². The Labute approximate surface area is 189 Å². The normalized spacial score (nSPS) is 11.3. The predicted molar refractivity (Wildman–Crippen MR) is 121 cm³/mol. The maximum Gasteiger partial charge on any atom is 0.339 e. The average Bonchev–Trinajstić information content (AvgIpc) is 2.76. The summed E-state index contributed by atoms with van der Waals surface area (Å²) in [5.74, 6) is -0.165. The van der Waals surface area contributed by atoms with Crippen molar-refractivity contribution in [3.63, 3.8) is 0 Å². The highest BCUT2D eigenvalue weighted by molar-refractivity contribution is 9.10. The van der Waals surface area contributed by atoms with Crippen molar-refractivity contribution in [2.75, 3.05) is 7.11 Å². The van der Waals surface area contributed by atoms with Gasteiger partial charge in [0.25, 0.3) is 5.91 Å². The largest absolute Gasteiger partial charge is 0.493 e. The second kappa shape index (κ2) is 9.76. The highest BCUT2D eigenvalue weighted by Crippen LogP contribution is 2.38. The molecular weight excluding hydrogens is 484 g/mol. The standard InChI is InChI=1S/C22H19BrN2O5S/c1-15-8-10-18(11-9-15)31(27,28)30-21-19(23)12-16(13-20(21)29-2)14-24-25-22(26)17-6-4-3-5-7-17/h3-14H,1-2H3,(H,25,26)/b24-14-. The molecular formula is C22H19BrN2O5S. The summed E-state index contributed by atoms with van der Waals surface area (Å²) in [6.45, 7) is 1.86. The number of nitrogens with one attached hydrogen (secondary N) is 1. The maximum absolute atomic E-state index is 12.6. The van der Waals surface area contributed by atoms with E-state index in [-0.39, 0.29) is 22.3 Å². The van der Waals surface area contributed by atoms with E-state index in [1.165, 1.54) is 25.5 Å². The number of ether oxygens (including phenoxy) is 1. The molecule has 0 aliphatic carbocycles. The van der Waals surface area contributed by atoms with E-state index in [1.54, 1.807) is 48.5 Å². The van der Waals surface area contributed by atoms with Crippen molar-refractivity contribution in [3.8, 4) is 11.5 Å². The summed E-state index contributed by atoms with van der Waals surface area (Å²) in [5.41, 5.74) is 4.39. The Morgan fingerprint density at radius 2 is 1.74 bits per heavy atom. The van der Waals surface area contributed by atoms with E-state index in [9.17, 15) is 13.2 Å². The molecule has 31 heavy (non-hydrogen) atoms. The average molecular weight is 503 g/mol. The summed E-state index contributed by atoms with van der Waals surface area (Å²) in [6.07, 6.45) is 1.41. The molecule has 160 valence electrons. The Hall–Kier alpha value is -3.17. The van der Waals surface area contributed by atoms with Crippen LogP contribution in [0.3, 0.4) is 0 Å². The molecule has 1 amide bonds. The first-order valence-corrected chi connectivity index (χ1v) is 11.3. The number of halogens is 1. The fourth-order valence-corrected chi connectivity index (χ4v) is 4.18. The fourth-order valence-electron chi connectivity index (χ4n) is 2.58. The number of carbonyl (C=O) groups is 1. The Kier molecular flexibility index (Phi) is 7.09. The van der Waals surface area contributed by atoms with Gasteiger partial charge in [0, 0.05) is 5.56 Å². The number of benzene rings is 3. The van der Waals surface area contributed by atoms with E-state index in [0.717, 1.165) is 5.56 Å². The Bertz CT molecular complexity index is 1210. The summed E-state index contributed by atoms with van der Waals surface area (Å²) >= 11 is 3.31. The zero-order valence-electron chi connectivity index (χ0n) is 16.7. The van der Waals surface area contributed by atoms with Crippen molar-refractivity contribution < 1.29 is 22.1 Å². The number of nitrogens with zero attached hydrogens (tertiary/aromatic N) is 1. The SMILES string of the molecule is COc1cc(/C=N\NC(=O)c2ccccc2)cc(Br)c1OS(=O)(=O)c1ccc(C)cc1. The molecule has 0 heterocycles. The van der Waals surface area contributed by atoms with Crippen LogP contribution in [-0.4, -0.2) is 27.6 Å². The van der Waals surface area contributed by atoms with E-state index in [2.05, 4.69) is 26.5 Å². The van der Waals surface area contributed by atoms with Crippen LogP contribution >= 0.6 is 15.9 Å². The number of methoxy groups -OCH3 is 1. The van der Waals surface area contributed by atoms with Crippen LogP contribution in [0, 0.1) is 6.92 Å². The number of aryl methyl sites for hydroxylation is 1. The van der Waals surface area contributed by atoms with E-state index >= 15 is 0 Å². The lowest BCUT2D eigenvalue weighted by Crippen LogP contribution is -2.17. The number of amides is 1. The van der Waals surface area contributed by atoms with Crippen molar-refractivity contribution in [3.05, 3.63) is 87.9 Å². The summed E-state index contributed by atoms with van der Waals surface area (Å²) in [4.78, 5) is 12.1. The van der Waals surface area contributed by atoms with E-state index in [4.69, 9.17) is 8.92 Å². The summed E-state index contributed by atoms with van der Waals surface area (Å²) in [5, 5.41) is 3.93. The molecule has 1 N–H and O–H groups in total. The van der Waals surface area contributed by atoms with E-state index in [0.29, 0.717) is 15.6 Å². The highest BCUT2D eigenvalue weighted by Gasteiger charge is 2.21. The summed E-state index contributed by atoms with van der Waals surface area (Å²) in [6, 6.07) is 18.1. The molecule has 0 spiro atoms. The zero-order chi connectivity index (χ0) is 22.4. The number of hydrogen-bond donors (Lipinski definition) is 1. The lowest BCUT2D eigenvalue weighted by atomic mass is 10.2. The molecule has 3 rings (SSSR count). The van der Waals surface area contributed by atoms with Gasteiger partial charge in [-0.15, -0.1) is 0 Å². The first-order valence-electron chi connectivity index (χ1n) is 9.07. The minimum atomic E-state index is -4.06. The second-order valence-corrected chi connectivity index (χ2v) is 8.85. The molecule has 0 aromatic heterocycles. The van der Waals surface area contributed by atoms with Crippen LogP contribution in [0.15, 0.2) is 81.2 Å². The van der Waals surface area contributed by atoms with Gasteiger partial charge in [-0.3, -0.25) is 4.79 Å². The van der Waals surface area contributed by atoms with Crippen molar-refractivity contribution in [2.45, 2.75) is 11.8 Å². The van der Waals surface area contributed by atoms with E-state index < -0.39 is 10.1 Å². The van der Waals surface area contributed by atoms with Crippen LogP contribution in [0.25, 0.3) is 0 Å². The quantitative estimate of drug-likeness (QED) is 0.295. The molecule has 9 heteroatoms. The first kappa shape index (κ1) is 22.5. The van der Waals surface area contributed by atoms with Crippen molar-refractivity contribution >= 4 is 38.2 Å². The lowest BCUT2D eigenvalue weighted by Gasteiger charge is -2.13. The van der Waals surface area contributed by atoms with Gasteiger partial charge in [-0.05, 0) is 64.8 Å². The minimum Gasteiger partial charge on any atom is -0.493 e. The predicted octanol–water partition coefficient (Wildman–Crippen LogP) is 4.30. The van der Waals surface area contributed by atoms with Gasteiger partial charge in [-0.25, -0.2) is 5.43 Å². The third-order valence-corrected chi connectivity index (χ3v) is 5.99. The Morgan fingerprint density at radius 1 is 1.06 bits per heavy atom. The van der Waals surface area contributed by atoms with E-state index in [1.807, 2.05) is 13.0 Å². The molecule has 0 unspecified atom stereocenters. The molecule has 3 aromatic carbocycles. The zero-order valence-corrected chi connectivity index (χ0v) is 19.1. The second-order valence-electron chi connectivity index (χ2n) is 6.45. The van der Waals surface area contributed by atoms with Crippen molar-refractivity contribution in [2.24, 2.45) is 5.10 Å². The Morgan fingerprint density at radius 3 is 2.39 bits per heavy atom. The number of rotatable bonds is 7. The third kappa shape index (κ3) is 5.71. The minimum absolute atomic E-state index is 0.00791. The molecule has 0 aliphatic rings. The fraction of sp³-hybridized carbons (Fsp3) is 0.0909. The molecule has 0 aliphatic heterocycles. The summed E-state index contributed by atoms with van der Waals surface area (Å²) in [7, 11) is -2.66. The van der Waals surface area contributed by atoms with Gasteiger partial charge in [0.15, 0.2) is 11.5 Å². The molecule has 0 saturated heterocycles. The third-order valence-electron chi connectivity index (χ3n) is 4.17. The van der Waals surface area contributed by atoms with Crippen LogP contribution in [0.2, 0.25) is 0 Å². The van der Waals surface area contributed by atoms with Gasteiger partial charge in [0.2, 0.25) is 0 Å². The lowest BCUT2D eigenvalue weighted by molar-refractivity contribution is 0.0955. The van der Waals surface area contributed by atoms with Crippen molar-refractivity contribution in [1.29, 1.82) is 0 Å². The number of carbonyl (C=O) groups excluding carboxylic acids is 1. The van der Waals surface area contributed by atoms with Gasteiger partial charge in [0.05, 0.1) is 17.8 Å². The topological polar surface area (TPSA) is 94.1 Å². The van der Waals surface area contributed by atoms with Crippen LogP contribution in [0.5, 0.6) is 11.5 Å². The van der Waals surface area contributed by atoms with Gasteiger partial charge >= 0.3 is 10.1 Å². The number of hydrogen-bond acceptors (Lipinski definition) is 6. The molecule has 0 saturated carbocycles. The monoisotopic (exact) mass is 502 g/mol. The number of hydrazone groups is 1. The molecule has 7 nitrogen and oxygen atoms in total. The first-order chi connectivity index (χ1) is 14.8. The van der Waals surface area contributed by atoms with Gasteiger partial charge in [-0.1, -0.05) is 35.9 Å². The smallest absolute Gasteiger partial charge is 0.339 e. The van der Waals surface area contributed by atoms with Crippen molar-refractivity contribution in [1.82, 2.24) is 5.43 Å². The van der Waals surface area contributed by atoms with Crippen LogP contribution < -0.4 is 14.3 Å². The molecule has 0 radical (unpaired) electrons. The van der Waals surface area contributed by atoms with Gasteiger partial charge < -0.3 is 8.92 Å². The Balaban J connectivity index is 1.80. The van der Waals surface area contributed by atoms with Gasteiger partial charge in [0.1, 0.15) is 4.90 Å². The van der Waals surface area contributed by atoms with Gasteiger partial charge in [-0.2, -0.15) is 13.5 Å². The molecule has 3 aromatic rings. The highest BCUT2D eigenvalue weighted by atomic mass is 79.9. The molecule has 0 fully saturated rings. The van der Waals surface area contributed by atoms with Crippen LogP contribution in [0.4, 0.5) is 0 Å². The maximum atomic E-state index is 12.6. The molecule has 0 bridgehead atoms. The molecule has 0 atom stereocenters.